The van der Waals surface area contributed by atoms with E-state index in [0.717, 1.165) is 10.3 Å². The second kappa shape index (κ2) is 5.53. The Morgan fingerprint density at radius 1 is 1.71 bits per heavy atom. The third-order valence-electron chi connectivity index (χ3n) is 1.66. The zero-order valence-corrected chi connectivity index (χ0v) is 10.1. The molecule has 0 aliphatic carbocycles. The van der Waals surface area contributed by atoms with Gasteiger partial charge in [0.1, 0.15) is 5.82 Å². The standard InChI is InChI=1S/C9H12BrClN2O/c1-6(14)2-3-12-9-8(10)4-7(11)5-13-9/h4-6,14H,2-3H2,1H3,(H,12,13)/t6-/m0/s1. The van der Waals surface area contributed by atoms with Crippen molar-refractivity contribution in [3.63, 3.8) is 0 Å². The molecule has 0 radical (unpaired) electrons. The van der Waals surface area contributed by atoms with E-state index in [2.05, 4.69) is 26.2 Å². The molecule has 0 saturated carbocycles. The molecule has 0 spiro atoms. The molecule has 0 bridgehead atoms. The summed E-state index contributed by atoms with van der Waals surface area (Å²) in [5.41, 5.74) is 0. The van der Waals surface area contributed by atoms with Gasteiger partial charge in [-0.3, -0.25) is 0 Å². The van der Waals surface area contributed by atoms with Crippen LogP contribution in [0.1, 0.15) is 13.3 Å². The molecular weight excluding hydrogens is 267 g/mol. The molecule has 78 valence electrons. The molecule has 2 N–H and O–H groups in total. The summed E-state index contributed by atoms with van der Waals surface area (Å²) in [6.07, 6.45) is 1.97. The van der Waals surface area contributed by atoms with E-state index >= 15 is 0 Å². The number of rotatable bonds is 4. The number of aliphatic hydroxyl groups is 1. The maximum atomic E-state index is 9.05. The monoisotopic (exact) mass is 278 g/mol. The van der Waals surface area contributed by atoms with Crippen LogP contribution in [0.15, 0.2) is 16.7 Å². The molecule has 1 aromatic rings. The van der Waals surface area contributed by atoms with E-state index in [-0.39, 0.29) is 6.10 Å². The number of anilines is 1. The van der Waals surface area contributed by atoms with Crippen molar-refractivity contribution in [2.45, 2.75) is 19.4 Å². The van der Waals surface area contributed by atoms with E-state index in [1.165, 1.54) is 0 Å². The van der Waals surface area contributed by atoms with Gasteiger partial charge in [-0.05, 0) is 35.3 Å². The van der Waals surface area contributed by atoms with E-state index in [1.54, 1.807) is 19.2 Å². The molecule has 1 rings (SSSR count). The van der Waals surface area contributed by atoms with Gasteiger partial charge in [-0.1, -0.05) is 11.6 Å². The van der Waals surface area contributed by atoms with Crippen molar-refractivity contribution in [2.75, 3.05) is 11.9 Å². The molecule has 1 aromatic heterocycles. The van der Waals surface area contributed by atoms with Crippen LogP contribution in [0.2, 0.25) is 5.02 Å². The molecule has 5 heteroatoms. The fourth-order valence-electron chi connectivity index (χ4n) is 0.944. The summed E-state index contributed by atoms with van der Waals surface area (Å²) in [5.74, 6) is 0.745. The smallest absolute Gasteiger partial charge is 0.140 e. The van der Waals surface area contributed by atoms with Crippen molar-refractivity contribution >= 4 is 33.3 Å². The maximum Gasteiger partial charge on any atom is 0.140 e. The lowest BCUT2D eigenvalue weighted by atomic mass is 10.3. The topological polar surface area (TPSA) is 45.1 Å². The molecule has 0 aliphatic heterocycles. The Morgan fingerprint density at radius 3 is 3.00 bits per heavy atom. The molecule has 1 heterocycles. The van der Waals surface area contributed by atoms with Gasteiger partial charge in [0.05, 0.1) is 15.6 Å². The Hall–Kier alpha value is -0.320. The first kappa shape index (κ1) is 11.8. The van der Waals surface area contributed by atoms with E-state index in [0.29, 0.717) is 18.0 Å². The Kier molecular flexibility index (Phi) is 4.65. The number of aromatic nitrogens is 1. The minimum atomic E-state index is -0.298. The van der Waals surface area contributed by atoms with Gasteiger partial charge < -0.3 is 10.4 Å². The Labute approximate surface area is 96.6 Å². The molecule has 0 amide bonds. The highest BCUT2D eigenvalue weighted by molar-refractivity contribution is 9.10. The van der Waals surface area contributed by atoms with Crippen LogP contribution in [0.25, 0.3) is 0 Å². The first-order chi connectivity index (χ1) is 6.59. The van der Waals surface area contributed by atoms with Gasteiger partial charge in [0.15, 0.2) is 0 Å². The summed E-state index contributed by atoms with van der Waals surface area (Å²) < 4.78 is 0.829. The second-order valence-corrected chi connectivity index (χ2v) is 4.34. The van der Waals surface area contributed by atoms with Gasteiger partial charge >= 0.3 is 0 Å². The third kappa shape index (κ3) is 3.82. The van der Waals surface area contributed by atoms with Crippen LogP contribution in [0.3, 0.4) is 0 Å². The van der Waals surface area contributed by atoms with E-state index in [4.69, 9.17) is 16.7 Å². The van der Waals surface area contributed by atoms with Gasteiger partial charge in [0.25, 0.3) is 0 Å². The SMILES string of the molecule is C[C@H](O)CCNc1ncc(Cl)cc1Br. The van der Waals surface area contributed by atoms with Crippen LogP contribution in [0.5, 0.6) is 0 Å². The maximum absolute atomic E-state index is 9.05. The third-order valence-corrected chi connectivity index (χ3v) is 2.47. The molecular formula is C9H12BrClN2O. The normalized spacial score (nSPS) is 12.6. The number of pyridine rings is 1. The highest BCUT2D eigenvalue weighted by Crippen LogP contribution is 2.22. The number of nitrogens with one attached hydrogen (secondary N) is 1. The van der Waals surface area contributed by atoms with Crippen molar-refractivity contribution < 1.29 is 5.11 Å². The lowest BCUT2D eigenvalue weighted by Gasteiger charge is -2.08. The summed E-state index contributed by atoms with van der Waals surface area (Å²) >= 11 is 9.08. The summed E-state index contributed by atoms with van der Waals surface area (Å²) in [6, 6.07) is 1.78. The van der Waals surface area contributed by atoms with Crippen LogP contribution in [-0.2, 0) is 0 Å². The first-order valence-electron chi connectivity index (χ1n) is 4.32. The second-order valence-electron chi connectivity index (χ2n) is 3.05. The molecule has 0 saturated heterocycles. The van der Waals surface area contributed by atoms with E-state index in [9.17, 15) is 0 Å². The fourth-order valence-corrected chi connectivity index (χ4v) is 1.72. The van der Waals surface area contributed by atoms with Gasteiger partial charge in [0, 0.05) is 12.7 Å². The minimum absolute atomic E-state index is 0.298. The average molecular weight is 280 g/mol. The lowest BCUT2D eigenvalue weighted by molar-refractivity contribution is 0.188. The van der Waals surface area contributed by atoms with Gasteiger partial charge in [0.2, 0.25) is 0 Å². The Balaban J connectivity index is 2.51. The number of nitrogens with zero attached hydrogens (tertiary/aromatic N) is 1. The van der Waals surface area contributed by atoms with Crippen LogP contribution in [0.4, 0.5) is 5.82 Å². The molecule has 1 atom stereocenters. The lowest BCUT2D eigenvalue weighted by Crippen LogP contribution is -2.10. The van der Waals surface area contributed by atoms with Crippen molar-refractivity contribution in [1.29, 1.82) is 0 Å². The van der Waals surface area contributed by atoms with Crippen molar-refractivity contribution in [1.82, 2.24) is 4.98 Å². The number of aliphatic hydroxyl groups excluding tert-OH is 1. The summed E-state index contributed by atoms with van der Waals surface area (Å²) in [6.45, 7) is 2.44. The largest absolute Gasteiger partial charge is 0.393 e. The average Bonchev–Trinajstić information content (AvgIpc) is 2.08. The fraction of sp³-hybridized carbons (Fsp3) is 0.444. The van der Waals surface area contributed by atoms with Crippen LogP contribution in [-0.4, -0.2) is 22.7 Å². The summed E-state index contributed by atoms with van der Waals surface area (Å²) in [4.78, 5) is 4.10. The zero-order valence-electron chi connectivity index (χ0n) is 7.80. The van der Waals surface area contributed by atoms with Gasteiger partial charge in [-0.25, -0.2) is 4.98 Å². The number of hydrogen-bond acceptors (Lipinski definition) is 3. The highest BCUT2D eigenvalue weighted by atomic mass is 79.9. The van der Waals surface area contributed by atoms with Crippen LogP contribution in [0, 0.1) is 0 Å². The molecule has 0 unspecified atom stereocenters. The first-order valence-corrected chi connectivity index (χ1v) is 5.49. The van der Waals surface area contributed by atoms with Gasteiger partial charge in [-0.15, -0.1) is 0 Å². The predicted octanol–water partition coefficient (Wildman–Crippen LogP) is 2.68. The summed E-state index contributed by atoms with van der Waals surface area (Å²) in [5, 5.41) is 12.7. The van der Waals surface area contributed by atoms with Crippen LogP contribution < -0.4 is 5.32 Å². The zero-order chi connectivity index (χ0) is 10.6. The Bertz CT molecular complexity index is 307. The molecule has 3 nitrogen and oxygen atoms in total. The number of hydrogen-bond donors (Lipinski definition) is 2. The molecule has 0 fully saturated rings. The van der Waals surface area contributed by atoms with Crippen LogP contribution >= 0.6 is 27.5 Å². The van der Waals surface area contributed by atoms with Crippen molar-refractivity contribution in [3.05, 3.63) is 21.8 Å². The Morgan fingerprint density at radius 2 is 2.43 bits per heavy atom. The van der Waals surface area contributed by atoms with Crippen molar-refractivity contribution in [2.24, 2.45) is 0 Å². The predicted molar refractivity (Wildman–Crippen MR) is 61.7 cm³/mol. The number of halogens is 2. The molecule has 0 aliphatic rings. The van der Waals surface area contributed by atoms with E-state index < -0.39 is 0 Å². The van der Waals surface area contributed by atoms with Crippen molar-refractivity contribution in [3.8, 4) is 0 Å². The minimum Gasteiger partial charge on any atom is -0.393 e. The van der Waals surface area contributed by atoms with E-state index in [1.807, 2.05) is 0 Å². The van der Waals surface area contributed by atoms with Gasteiger partial charge in [-0.2, -0.15) is 0 Å². The summed E-state index contributed by atoms with van der Waals surface area (Å²) in [7, 11) is 0. The highest BCUT2D eigenvalue weighted by Gasteiger charge is 2.02. The quantitative estimate of drug-likeness (QED) is 0.891. The molecule has 0 aromatic carbocycles. The molecule has 14 heavy (non-hydrogen) atoms.